The normalized spacial score (nSPS) is 10.6. The first kappa shape index (κ1) is 15.3. The first-order chi connectivity index (χ1) is 9.61. The summed E-state index contributed by atoms with van der Waals surface area (Å²) in [6.45, 7) is 7.26. The maximum Gasteiger partial charge on any atom is 0.144 e. The van der Waals surface area contributed by atoms with Gasteiger partial charge in [0.1, 0.15) is 17.2 Å². The lowest BCUT2D eigenvalue weighted by Crippen LogP contribution is -2.03. The lowest BCUT2D eigenvalue weighted by atomic mass is 10.2. The fourth-order valence-corrected chi connectivity index (χ4v) is 3.27. The van der Waals surface area contributed by atoms with Crippen LogP contribution < -0.4 is 5.32 Å². The number of benzene rings is 1. The Morgan fingerprint density at radius 1 is 1.25 bits per heavy atom. The summed E-state index contributed by atoms with van der Waals surface area (Å²) in [5, 5.41) is 4.24. The minimum Gasteiger partial charge on any atom is -0.369 e. The van der Waals surface area contributed by atoms with Gasteiger partial charge in [-0.3, -0.25) is 0 Å². The van der Waals surface area contributed by atoms with Crippen molar-refractivity contribution in [2.24, 2.45) is 0 Å². The van der Waals surface area contributed by atoms with Crippen molar-refractivity contribution < 1.29 is 0 Å². The van der Waals surface area contributed by atoms with Gasteiger partial charge in [0, 0.05) is 11.4 Å². The molecule has 0 unspecified atom stereocenters. The molecule has 0 saturated heterocycles. The third-order valence-electron chi connectivity index (χ3n) is 2.85. The van der Waals surface area contributed by atoms with Crippen LogP contribution in [0.3, 0.4) is 0 Å². The van der Waals surface area contributed by atoms with E-state index in [9.17, 15) is 0 Å². The summed E-state index contributed by atoms with van der Waals surface area (Å²) >= 11 is 5.27. The van der Waals surface area contributed by atoms with Gasteiger partial charge in [0.15, 0.2) is 0 Å². The van der Waals surface area contributed by atoms with E-state index < -0.39 is 0 Å². The molecule has 0 amide bonds. The van der Waals surface area contributed by atoms with Crippen molar-refractivity contribution in [1.29, 1.82) is 0 Å². The summed E-state index contributed by atoms with van der Waals surface area (Å²) in [5.41, 5.74) is 2.52. The molecule has 5 heteroatoms. The predicted octanol–water partition coefficient (Wildman–Crippen LogP) is 4.83. The molecule has 0 aliphatic heterocycles. The highest BCUT2D eigenvalue weighted by molar-refractivity contribution is 9.10. The molecule has 0 saturated carbocycles. The second kappa shape index (κ2) is 7.09. The molecule has 106 valence electrons. The molecule has 0 spiro atoms. The summed E-state index contributed by atoms with van der Waals surface area (Å²) in [6.07, 6.45) is 2.67. The van der Waals surface area contributed by atoms with Crippen LogP contribution in [0.1, 0.15) is 24.5 Å². The molecule has 0 aliphatic carbocycles. The Labute approximate surface area is 132 Å². The molecule has 0 atom stereocenters. The van der Waals surface area contributed by atoms with Crippen LogP contribution in [0.15, 0.2) is 38.9 Å². The van der Waals surface area contributed by atoms with Crippen LogP contribution in [0.2, 0.25) is 0 Å². The highest BCUT2D eigenvalue weighted by Gasteiger charge is 2.11. The van der Waals surface area contributed by atoms with Crippen molar-refractivity contribution in [3.63, 3.8) is 0 Å². The number of nitrogens with one attached hydrogen (secondary N) is 1. The zero-order valence-electron chi connectivity index (χ0n) is 11.9. The molecule has 0 bridgehead atoms. The second-order valence-electron chi connectivity index (χ2n) is 4.64. The van der Waals surface area contributed by atoms with E-state index >= 15 is 0 Å². The molecule has 2 aromatic rings. The van der Waals surface area contributed by atoms with Crippen molar-refractivity contribution in [3.8, 4) is 0 Å². The molecule has 2 rings (SSSR count). The topological polar surface area (TPSA) is 37.8 Å². The van der Waals surface area contributed by atoms with Crippen LogP contribution in [0, 0.1) is 13.8 Å². The zero-order chi connectivity index (χ0) is 14.5. The Morgan fingerprint density at radius 2 is 2.05 bits per heavy atom. The Balaban J connectivity index is 2.27. The summed E-state index contributed by atoms with van der Waals surface area (Å²) in [4.78, 5) is 9.88. The fraction of sp³-hybridized carbons (Fsp3) is 0.333. The van der Waals surface area contributed by atoms with Crippen LogP contribution >= 0.6 is 27.7 Å². The second-order valence-corrected chi connectivity index (χ2v) is 6.46. The number of hydrogen-bond donors (Lipinski definition) is 1. The highest BCUT2D eigenvalue weighted by Crippen LogP contribution is 2.36. The van der Waals surface area contributed by atoms with Gasteiger partial charge in [-0.2, -0.15) is 0 Å². The average Bonchev–Trinajstić information content (AvgIpc) is 2.44. The summed E-state index contributed by atoms with van der Waals surface area (Å²) < 4.78 is 0.930. The molecule has 0 fully saturated rings. The van der Waals surface area contributed by atoms with Gasteiger partial charge in [-0.1, -0.05) is 30.8 Å². The molecule has 0 radical (unpaired) electrons. The van der Waals surface area contributed by atoms with Crippen molar-refractivity contribution in [3.05, 3.63) is 40.1 Å². The Hall–Kier alpha value is -1.07. The predicted molar refractivity (Wildman–Crippen MR) is 88.6 cm³/mol. The summed E-state index contributed by atoms with van der Waals surface area (Å²) in [7, 11) is 0. The standard InChI is InChI=1S/C15H18BrN3S/c1-4-7-17-14-13(16)15(19-9-18-14)20-12-8-10(2)5-6-11(12)3/h5-6,8-9H,4,7H2,1-3H3,(H,17,18,19). The number of aromatic nitrogens is 2. The summed E-state index contributed by atoms with van der Waals surface area (Å²) in [6, 6.07) is 6.46. The van der Waals surface area contributed by atoms with Gasteiger partial charge in [-0.05, 0) is 53.4 Å². The average molecular weight is 352 g/mol. The molecule has 1 aromatic heterocycles. The molecule has 20 heavy (non-hydrogen) atoms. The number of hydrogen-bond acceptors (Lipinski definition) is 4. The largest absolute Gasteiger partial charge is 0.369 e. The molecule has 3 nitrogen and oxygen atoms in total. The quantitative estimate of drug-likeness (QED) is 0.783. The smallest absolute Gasteiger partial charge is 0.144 e. The number of rotatable bonds is 5. The van der Waals surface area contributed by atoms with E-state index in [-0.39, 0.29) is 0 Å². The van der Waals surface area contributed by atoms with Crippen LogP contribution in [-0.2, 0) is 0 Å². The van der Waals surface area contributed by atoms with Gasteiger partial charge in [0.25, 0.3) is 0 Å². The van der Waals surface area contributed by atoms with E-state index in [2.05, 4.69) is 70.2 Å². The molecule has 1 aromatic carbocycles. The van der Waals surface area contributed by atoms with Gasteiger partial charge in [-0.15, -0.1) is 0 Å². The van der Waals surface area contributed by atoms with Crippen molar-refractivity contribution >= 4 is 33.5 Å². The van der Waals surface area contributed by atoms with Crippen LogP contribution in [0.25, 0.3) is 0 Å². The van der Waals surface area contributed by atoms with Crippen LogP contribution in [0.5, 0.6) is 0 Å². The first-order valence-corrected chi connectivity index (χ1v) is 8.22. The number of aryl methyl sites for hydroxylation is 2. The van der Waals surface area contributed by atoms with E-state index in [1.54, 1.807) is 18.1 Å². The zero-order valence-corrected chi connectivity index (χ0v) is 14.3. The monoisotopic (exact) mass is 351 g/mol. The number of anilines is 1. The fourth-order valence-electron chi connectivity index (χ4n) is 1.71. The Morgan fingerprint density at radius 3 is 2.80 bits per heavy atom. The highest BCUT2D eigenvalue weighted by atomic mass is 79.9. The maximum atomic E-state index is 4.38. The minimum atomic E-state index is 0.856. The van der Waals surface area contributed by atoms with Gasteiger partial charge in [0.2, 0.25) is 0 Å². The third-order valence-corrected chi connectivity index (χ3v) is 5.03. The van der Waals surface area contributed by atoms with Gasteiger partial charge >= 0.3 is 0 Å². The molecular weight excluding hydrogens is 334 g/mol. The molecular formula is C15H18BrN3S. The maximum absolute atomic E-state index is 4.38. The SMILES string of the molecule is CCCNc1ncnc(Sc2cc(C)ccc2C)c1Br. The third kappa shape index (κ3) is 3.73. The van der Waals surface area contributed by atoms with E-state index in [0.717, 1.165) is 28.3 Å². The minimum absolute atomic E-state index is 0.856. The van der Waals surface area contributed by atoms with Gasteiger partial charge < -0.3 is 5.32 Å². The Kier molecular flexibility index (Phi) is 5.43. The van der Waals surface area contributed by atoms with E-state index in [0.29, 0.717) is 0 Å². The Bertz CT molecular complexity index is 602. The number of halogens is 1. The van der Waals surface area contributed by atoms with Crippen molar-refractivity contribution in [2.45, 2.75) is 37.1 Å². The van der Waals surface area contributed by atoms with E-state index in [1.807, 2.05) is 0 Å². The lowest BCUT2D eigenvalue weighted by molar-refractivity contribution is 0.945. The van der Waals surface area contributed by atoms with Crippen LogP contribution in [0.4, 0.5) is 5.82 Å². The molecule has 1 heterocycles. The molecule has 1 N–H and O–H groups in total. The summed E-state index contributed by atoms with van der Waals surface area (Å²) in [5.74, 6) is 0.856. The number of nitrogens with zero attached hydrogens (tertiary/aromatic N) is 2. The van der Waals surface area contributed by atoms with Crippen molar-refractivity contribution in [1.82, 2.24) is 9.97 Å². The molecule has 0 aliphatic rings. The lowest BCUT2D eigenvalue weighted by Gasteiger charge is -2.10. The van der Waals surface area contributed by atoms with E-state index in [1.165, 1.54) is 16.0 Å². The van der Waals surface area contributed by atoms with E-state index in [4.69, 9.17) is 0 Å². The van der Waals surface area contributed by atoms with Crippen LogP contribution in [-0.4, -0.2) is 16.5 Å². The van der Waals surface area contributed by atoms with Crippen molar-refractivity contribution in [2.75, 3.05) is 11.9 Å². The first-order valence-electron chi connectivity index (χ1n) is 6.61. The van der Waals surface area contributed by atoms with Gasteiger partial charge in [0.05, 0.1) is 4.47 Å². The van der Waals surface area contributed by atoms with Gasteiger partial charge in [-0.25, -0.2) is 9.97 Å².